The van der Waals surface area contributed by atoms with Crippen molar-refractivity contribution in [1.82, 2.24) is 63.7 Å². The molecule has 1 amide bonds. The number of carbonyl (C=O) groups excluding carboxylic acids is 1. The quantitative estimate of drug-likeness (QED) is 0.0218. The smallest absolute Gasteiger partial charge is 0.419 e. The molecule has 5 heterocycles. The maximum Gasteiger partial charge on any atom is 0.419 e. The van der Waals surface area contributed by atoms with Gasteiger partial charge in [0.05, 0.1) is 72.2 Å². The Bertz CT molecular complexity index is 4670. The van der Waals surface area contributed by atoms with Crippen molar-refractivity contribution in [3.05, 3.63) is 117 Å². The Hall–Kier alpha value is -7.84. The molecular weight excluding hydrogens is 1570 g/mol. The van der Waals surface area contributed by atoms with Crippen molar-refractivity contribution in [2.24, 2.45) is 17.8 Å². The van der Waals surface area contributed by atoms with E-state index >= 15 is 0 Å². The molecule has 5 aliphatic rings. The molecule has 3 saturated carbocycles. The summed E-state index contributed by atoms with van der Waals surface area (Å²) >= 11 is 0. The maximum atomic E-state index is 14.0. The first-order valence-corrected chi connectivity index (χ1v) is 44.9. The molecule has 6 N–H and O–H groups in total. The minimum atomic E-state index is -4.63. The molecule has 636 valence electrons. The van der Waals surface area contributed by atoms with Gasteiger partial charge in [0.2, 0.25) is 17.8 Å². The van der Waals surface area contributed by atoms with Crippen LogP contribution in [0.15, 0.2) is 61.1 Å². The third-order valence-corrected chi connectivity index (χ3v) is 25.9. The third kappa shape index (κ3) is 24.9. The van der Waals surface area contributed by atoms with Crippen LogP contribution in [0.5, 0.6) is 17.2 Å². The zero-order chi connectivity index (χ0) is 84.1. The van der Waals surface area contributed by atoms with Crippen molar-refractivity contribution >= 4 is 93.2 Å². The summed E-state index contributed by atoms with van der Waals surface area (Å²) in [6.07, 6.45) is 3.18. The van der Waals surface area contributed by atoms with Crippen LogP contribution in [0.1, 0.15) is 138 Å². The van der Waals surface area contributed by atoms with Crippen molar-refractivity contribution in [3.8, 4) is 17.2 Å². The van der Waals surface area contributed by atoms with Crippen LogP contribution >= 0.6 is 0 Å². The van der Waals surface area contributed by atoms with Gasteiger partial charge in [0.25, 0.3) is 5.91 Å². The van der Waals surface area contributed by atoms with Crippen LogP contribution in [0, 0.1) is 24.7 Å². The third-order valence-electron chi connectivity index (χ3n) is 22.1. The number of benzene rings is 3. The summed E-state index contributed by atoms with van der Waals surface area (Å²) in [5.41, 5.74) is 3.05. The Morgan fingerprint density at radius 3 is 1.49 bits per heavy atom. The largest absolute Gasteiger partial charge is 0.495 e. The fourth-order valence-electron chi connectivity index (χ4n) is 15.8. The Balaban J connectivity index is 0.000000198. The number of carbonyl (C=O) groups is 1. The van der Waals surface area contributed by atoms with E-state index in [2.05, 4.69) is 107 Å². The van der Waals surface area contributed by atoms with Crippen LogP contribution in [0.4, 0.5) is 80.1 Å². The SMILES string of the molecule is C=S(C)(=O)N(C)[C@@H]1CCCC[C@H]1Cc1nc(Nc2ccc(CN3CCN(C)CC3)cc2OC)ncc1C(F)(F)F.C=S(C)(=O)N(C)[C@@H]1CCC[C@H]1Cc1nc(Nc2cc(CC)c(N3CCNCC3)cc2OC)ncc1C(F)(F)F.C=S(C)(=O)N[C@@H]1CCCC[C@H]1Cc1nc(Nc2cc(C)c(C(=O)NC)cc2OC)ncc1C(F)(F)F. The molecule has 5 fully saturated rings. The molecule has 3 unspecified atom stereocenters. The molecule has 3 aliphatic carbocycles. The number of rotatable bonds is 26. The number of hydrogen-bond donors (Lipinski definition) is 6. The van der Waals surface area contributed by atoms with Gasteiger partial charge in [-0.05, 0) is 175 Å². The van der Waals surface area contributed by atoms with Crippen molar-refractivity contribution < 1.29 is 71.1 Å². The molecule has 2 aliphatic heterocycles. The number of likely N-dealkylation sites (N-methyl/N-ethyl adjacent to an activating group) is 1. The van der Waals surface area contributed by atoms with Crippen LogP contribution in [0.2, 0.25) is 0 Å². The van der Waals surface area contributed by atoms with Crippen LogP contribution < -0.4 is 50.4 Å². The van der Waals surface area contributed by atoms with Crippen molar-refractivity contribution in [1.29, 1.82) is 0 Å². The number of nitrogens with zero attached hydrogens (tertiary/aromatic N) is 11. The Labute approximate surface area is 671 Å². The molecule has 0 bridgehead atoms. The zero-order valence-corrected chi connectivity index (χ0v) is 70.2. The number of aromatic nitrogens is 6. The predicted octanol–water partition coefficient (Wildman–Crippen LogP) is 12.3. The number of halogens is 9. The normalized spacial score (nSPS) is 21.5. The lowest BCUT2D eigenvalue weighted by atomic mass is 9.81. The fraction of sp³-hybridized carbons (Fsp3) is 0.570. The average molecular weight is 1680 g/mol. The summed E-state index contributed by atoms with van der Waals surface area (Å²) in [6, 6.07) is 12.4. The summed E-state index contributed by atoms with van der Waals surface area (Å²) in [5.74, 6) is 12.0. The van der Waals surface area contributed by atoms with Crippen molar-refractivity contribution in [3.63, 3.8) is 0 Å². The highest BCUT2D eigenvalue weighted by atomic mass is 32.2. The van der Waals surface area contributed by atoms with E-state index in [4.69, 9.17) is 14.2 Å². The summed E-state index contributed by atoms with van der Waals surface area (Å²) in [6.45, 7) is 12.2. The van der Waals surface area contributed by atoms with Gasteiger partial charge in [-0.15, -0.1) is 0 Å². The fourth-order valence-corrected chi connectivity index (χ4v) is 18.4. The van der Waals surface area contributed by atoms with E-state index in [1.807, 2.05) is 30.3 Å². The number of aryl methyl sites for hydroxylation is 2. The summed E-state index contributed by atoms with van der Waals surface area (Å²) in [7, 11) is 4.17. The van der Waals surface area contributed by atoms with Gasteiger partial charge in [0.15, 0.2) is 0 Å². The van der Waals surface area contributed by atoms with Crippen LogP contribution in [-0.2, 0) is 79.9 Å². The number of hydrogen-bond acceptors (Lipinski definition) is 20. The van der Waals surface area contributed by atoms with E-state index < -0.39 is 64.3 Å². The Kier molecular flexibility index (Phi) is 31.0. The minimum absolute atomic E-state index is 0.0276. The maximum absolute atomic E-state index is 14.0. The number of alkyl halides is 9. The van der Waals surface area contributed by atoms with Gasteiger partial charge in [-0.2, -0.15) is 39.5 Å². The summed E-state index contributed by atoms with van der Waals surface area (Å²) < 4.78 is 186. The molecule has 6 aromatic rings. The topological polar surface area (TPSA) is 262 Å². The summed E-state index contributed by atoms with van der Waals surface area (Å²) in [5, 5.41) is 15.0. The first-order chi connectivity index (χ1) is 54.1. The van der Waals surface area contributed by atoms with Crippen molar-refractivity contribution in [2.45, 2.75) is 153 Å². The average Bonchev–Trinajstić information content (AvgIpc) is 1.61. The first-order valence-electron chi connectivity index (χ1n) is 38.5. The van der Waals surface area contributed by atoms with Gasteiger partial charge < -0.3 is 50.6 Å². The lowest BCUT2D eigenvalue weighted by molar-refractivity contribution is -0.139. The Morgan fingerprint density at radius 1 is 0.583 bits per heavy atom. The molecule has 3 aromatic carbocycles. The molecule has 3 aromatic heterocycles. The predicted molar refractivity (Wildman–Crippen MR) is 441 cm³/mol. The standard InChI is InChI=1S/C28H41F3N6O2S.C27H39F3N6O2S.C24H32F3N5O3S/c1-35-12-14-37(15-13-35)19-20-10-11-23(26(16-20)39-3)33-27-32-18-22(28(29,30)31)24(34-27)17-21-8-6-7-9-25(21)36(2)40(4,5)38;1-6-18-14-22(25(38-3)16-24(18)36-12-10-31-11-13-36)34-26-32-17-20(27(28,29)30)21(33-26)15-19-8-7-9-23(19)35(2)39(4,5)37;1-14-10-20(21(35-3)12-16(14)22(33)28-2)31-23-29-13-17(24(25,26)27)19(30-23)11-15-8-6-7-9-18(15)32-36(4,5)34/h10-11,16,18,21,25H,4,6-9,12-15,17,19H2,1-3,5H3,(H,32,33,34);14,16-17,19,23,31H,4,6-13,15H2,1-3,5H3,(H,32,33,34);10,12-13,15,18H,4,6-9,11H2,1-3,5H3,(H,28,33)(H,32,34)(H,29,30,31)/t21-,25+,40?;19-,23+,39?;15-,18+,36?/m000/s1. The van der Waals surface area contributed by atoms with E-state index in [9.17, 15) is 56.9 Å². The van der Waals surface area contributed by atoms with E-state index in [1.54, 1.807) is 68.5 Å². The molecule has 2 saturated heterocycles. The molecule has 0 radical (unpaired) electrons. The lowest BCUT2D eigenvalue weighted by Gasteiger charge is -2.38. The highest BCUT2D eigenvalue weighted by molar-refractivity contribution is 7.98. The number of piperazine rings is 2. The van der Waals surface area contributed by atoms with E-state index in [1.165, 1.54) is 20.4 Å². The number of anilines is 7. The monoisotopic (exact) mass is 1680 g/mol. The second-order valence-electron chi connectivity index (χ2n) is 30.6. The van der Waals surface area contributed by atoms with Crippen LogP contribution in [0.25, 0.3) is 0 Å². The molecule has 0 spiro atoms. The van der Waals surface area contributed by atoms with Gasteiger partial charge in [-0.25, -0.2) is 43.2 Å². The molecule has 9 atom stereocenters. The van der Waals surface area contributed by atoms with Crippen LogP contribution in [-0.4, -0.2) is 223 Å². The second-order valence-corrected chi connectivity index (χ2v) is 37.9. The van der Waals surface area contributed by atoms with E-state index in [0.29, 0.717) is 58.3 Å². The Morgan fingerprint density at radius 2 is 1.02 bits per heavy atom. The molecule has 11 rings (SSSR count). The number of ether oxygens (including phenoxy) is 3. The van der Waals surface area contributed by atoms with Gasteiger partial charge in [0.1, 0.15) is 17.2 Å². The highest BCUT2D eigenvalue weighted by Gasteiger charge is 2.42. The van der Waals surface area contributed by atoms with Crippen LogP contribution in [0.3, 0.4) is 0 Å². The number of amides is 1. The van der Waals surface area contributed by atoms with Gasteiger partial charge >= 0.3 is 18.5 Å². The van der Waals surface area contributed by atoms with E-state index in [0.717, 1.165) is 159 Å². The zero-order valence-electron chi connectivity index (χ0n) is 67.7. The minimum Gasteiger partial charge on any atom is -0.495 e. The van der Waals surface area contributed by atoms with Gasteiger partial charge in [0, 0.05) is 168 Å². The summed E-state index contributed by atoms with van der Waals surface area (Å²) in [4.78, 5) is 44.0. The molecule has 115 heavy (non-hydrogen) atoms. The van der Waals surface area contributed by atoms with Gasteiger partial charge in [-0.1, -0.05) is 45.1 Å². The lowest BCUT2D eigenvalue weighted by Crippen LogP contribution is -2.43. The highest BCUT2D eigenvalue weighted by Crippen LogP contribution is 2.43. The number of methoxy groups -OCH3 is 3. The van der Waals surface area contributed by atoms with Crippen molar-refractivity contribution in [2.75, 3.05) is 141 Å². The molecular formula is C79H112F9N17O7S3. The first kappa shape index (κ1) is 91.1. The molecule has 36 heteroatoms. The number of nitrogens with one attached hydrogen (secondary N) is 6. The van der Waals surface area contributed by atoms with E-state index in [-0.39, 0.29) is 96.0 Å². The second kappa shape index (κ2) is 39.2. The van der Waals surface area contributed by atoms with Gasteiger partial charge in [-0.3, -0.25) is 22.3 Å². The molecule has 24 nitrogen and oxygen atoms in total.